The molecule has 0 aliphatic carbocycles. The van der Waals surface area contributed by atoms with Crippen LogP contribution in [0.4, 0.5) is 0 Å². The summed E-state index contributed by atoms with van der Waals surface area (Å²) in [6, 6.07) is 3.67. The van der Waals surface area contributed by atoms with Gasteiger partial charge in [0.2, 0.25) is 11.7 Å². The van der Waals surface area contributed by atoms with E-state index in [1.165, 1.54) is 0 Å². The Kier molecular flexibility index (Phi) is 2.96. The third-order valence-corrected chi connectivity index (χ3v) is 3.03. The van der Waals surface area contributed by atoms with E-state index in [-0.39, 0.29) is 12.5 Å². The van der Waals surface area contributed by atoms with Crippen LogP contribution in [-0.2, 0) is 4.79 Å². The van der Waals surface area contributed by atoms with E-state index < -0.39 is 5.97 Å². The van der Waals surface area contributed by atoms with Gasteiger partial charge < -0.3 is 9.63 Å². The number of aliphatic carboxylic acids is 1. The molecule has 0 amide bonds. The number of hydrogen-bond acceptors (Lipinski definition) is 6. The zero-order chi connectivity index (χ0) is 13.2. The average molecular weight is 260 g/mol. The number of carboxylic acids is 1. The number of likely N-dealkylation sites (tertiary alicyclic amines) is 1. The molecule has 0 spiro atoms. The van der Waals surface area contributed by atoms with E-state index in [2.05, 4.69) is 15.1 Å². The number of carbonyl (C=O) groups is 1. The molecule has 0 saturated carbocycles. The SMILES string of the molecule is O=C(O)CN1CC(c2nc(-c3cccnc3)no2)C1. The summed E-state index contributed by atoms with van der Waals surface area (Å²) in [7, 11) is 0. The first kappa shape index (κ1) is 11.8. The van der Waals surface area contributed by atoms with Gasteiger partial charge >= 0.3 is 5.97 Å². The molecule has 1 aliphatic rings. The fourth-order valence-electron chi connectivity index (χ4n) is 2.06. The minimum Gasteiger partial charge on any atom is -0.480 e. The van der Waals surface area contributed by atoms with Crippen LogP contribution in [0.15, 0.2) is 29.0 Å². The van der Waals surface area contributed by atoms with E-state index in [0.29, 0.717) is 24.8 Å². The number of rotatable bonds is 4. The van der Waals surface area contributed by atoms with Crippen LogP contribution in [0.1, 0.15) is 11.8 Å². The Labute approximate surface area is 108 Å². The lowest BCUT2D eigenvalue weighted by Crippen LogP contribution is -2.47. The van der Waals surface area contributed by atoms with Crippen molar-refractivity contribution < 1.29 is 14.4 Å². The fraction of sp³-hybridized carbons (Fsp3) is 0.333. The molecular weight excluding hydrogens is 248 g/mol. The van der Waals surface area contributed by atoms with Crippen LogP contribution < -0.4 is 0 Å². The maximum absolute atomic E-state index is 10.5. The van der Waals surface area contributed by atoms with Gasteiger partial charge in [-0.1, -0.05) is 5.16 Å². The second-order valence-electron chi connectivity index (χ2n) is 4.48. The molecule has 7 nitrogen and oxygen atoms in total. The number of aromatic nitrogens is 3. The molecule has 98 valence electrons. The summed E-state index contributed by atoms with van der Waals surface area (Å²) in [5.74, 6) is 0.373. The Hall–Kier alpha value is -2.28. The maximum atomic E-state index is 10.5. The van der Waals surface area contributed by atoms with Crippen LogP contribution in [0, 0.1) is 0 Å². The standard InChI is InChI=1S/C12H12N4O3/c17-10(18)7-16-5-9(6-16)12-14-11(15-19-12)8-2-1-3-13-4-8/h1-4,9H,5-7H2,(H,17,18). The molecule has 2 aromatic rings. The van der Waals surface area contributed by atoms with Crippen molar-refractivity contribution in [2.24, 2.45) is 0 Å². The van der Waals surface area contributed by atoms with Crippen LogP contribution in [-0.4, -0.2) is 50.7 Å². The summed E-state index contributed by atoms with van der Waals surface area (Å²) in [5.41, 5.74) is 0.805. The first-order chi connectivity index (χ1) is 9.22. The predicted octanol–water partition coefficient (Wildman–Crippen LogP) is 0.615. The van der Waals surface area contributed by atoms with Gasteiger partial charge in [0.05, 0.1) is 12.5 Å². The first-order valence-electron chi connectivity index (χ1n) is 5.90. The Morgan fingerprint density at radius 2 is 2.37 bits per heavy atom. The molecule has 3 heterocycles. The third kappa shape index (κ3) is 2.45. The van der Waals surface area contributed by atoms with Crippen molar-refractivity contribution in [3.63, 3.8) is 0 Å². The summed E-state index contributed by atoms with van der Waals surface area (Å²) < 4.78 is 5.21. The molecular formula is C12H12N4O3. The molecule has 1 N–H and O–H groups in total. The Morgan fingerprint density at radius 1 is 1.53 bits per heavy atom. The van der Waals surface area contributed by atoms with E-state index >= 15 is 0 Å². The lowest BCUT2D eigenvalue weighted by Gasteiger charge is -2.35. The zero-order valence-electron chi connectivity index (χ0n) is 10.1. The van der Waals surface area contributed by atoms with Crippen molar-refractivity contribution in [1.29, 1.82) is 0 Å². The van der Waals surface area contributed by atoms with E-state index in [9.17, 15) is 4.79 Å². The van der Waals surface area contributed by atoms with Crippen LogP contribution in [0.3, 0.4) is 0 Å². The van der Waals surface area contributed by atoms with Crippen LogP contribution in [0.5, 0.6) is 0 Å². The number of hydrogen-bond donors (Lipinski definition) is 1. The van der Waals surface area contributed by atoms with Crippen molar-refractivity contribution in [1.82, 2.24) is 20.0 Å². The van der Waals surface area contributed by atoms with E-state index in [4.69, 9.17) is 9.63 Å². The summed E-state index contributed by atoms with van der Waals surface area (Å²) >= 11 is 0. The Morgan fingerprint density at radius 3 is 3.05 bits per heavy atom. The van der Waals surface area contributed by atoms with Crippen LogP contribution in [0.2, 0.25) is 0 Å². The Bertz CT molecular complexity index is 578. The van der Waals surface area contributed by atoms with Gasteiger partial charge in [0.25, 0.3) is 0 Å². The van der Waals surface area contributed by atoms with Gasteiger partial charge in [-0.15, -0.1) is 0 Å². The molecule has 0 aromatic carbocycles. The highest BCUT2D eigenvalue weighted by molar-refractivity contribution is 5.69. The molecule has 1 aliphatic heterocycles. The van der Waals surface area contributed by atoms with Crippen molar-refractivity contribution in [3.8, 4) is 11.4 Å². The molecule has 3 rings (SSSR count). The van der Waals surface area contributed by atoms with Gasteiger partial charge in [-0.05, 0) is 12.1 Å². The van der Waals surface area contributed by atoms with Crippen LogP contribution >= 0.6 is 0 Å². The van der Waals surface area contributed by atoms with Gasteiger partial charge in [-0.2, -0.15) is 4.98 Å². The maximum Gasteiger partial charge on any atom is 0.317 e. The van der Waals surface area contributed by atoms with Gasteiger partial charge in [0.15, 0.2) is 0 Å². The molecule has 1 saturated heterocycles. The first-order valence-corrected chi connectivity index (χ1v) is 5.90. The third-order valence-electron chi connectivity index (χ3n) is 3.03. The predicted molar refractivity (Wildman–Crippen MR) is 64.3 cm³/mol. The molecule has 1 fully saturated rings. The molecule has 0 bridgehead atoms. The average Bonchev–Trinajstić information content (AvgIpc) is 2.83. The lowest BCUT2D eigenvalue weighted by atomic mass is 10.0. The number of pyridine rings is 1. The second kappa shape index (κ2) is 4.77. The van der Waals surface area contributed by atoms with Crippen molar-refractivity contribution in [3.05, 3.63) is 30.4 Å². The normalized spacial score (nSPS) is 16.2. The number of nitrogens with zero attached hydrogens (tertiary/aromatic N) is 4. The molecule has 0 unspecified atom stereocenters. The summed E-state index contributed by atoms with van der Waals surface area (Å²) in [4.78, 5) is 20.7. The second-order valence-corrected chi connectivity index (χ2v) is 4.48. The minimum atomic E-state index is -0.819. The number of carboxylic acid groups (broad SMARTS) is 1. The summed E-state index contributed by atoms with van der Waals surface area (Å²) in [6.45, 7) is 1.34. The molecule has 19 heavy (non-hydrogen) atoms. The smallest absolute Gasteiger partial charge is 0.317 e. The molecule has 7 heteroatoms. The highest BCUT2D eigenvalue weighted by Gasteiger charge is 2.33. The topological polar surface area (TPSA) is 92.3 Å². The zero-order valence-corrected chi connectivity index (χ0v) is 10.1. The largest absolute Gasteiger partial charge is 0.480 e. The van der Waals surface area contributed by atoms with Gasteiger partial charge in [0, 0.05) is 31.0 Å². The molecule has 0 atom stereocenters. The van der Waals surface area contributed by atoms with E-state index in [0.717, 1.165) is 5.56 Å². The van der Waals surface area contributed by atoms with Gasteiger partial charge in [-0.3, -0.25) is 14.7 Å². The highest BCUT2D eigenvalue weighted by atomic mass is 16.5. The molecule has 0 radical (unpaired) electrons. The van der Waals surface area contributed by atoms with Crippen molar-refractivity contribution >= 4 is 5.97 Å². The van der Waals surface area contributed by atoms with Crippen molar-refractivity contribution in [2.45, 2.75) is 5.92 Å². The van der Waals surface area contributed by atoms with Gasteiger partial charge in [-0.25, -0.2) is 0 Å². The quantitative estimate of drug-likeness (QED) is 0.861. The van der Waals surface area contributed by atoms with Crippen LogP contribution in [0.25, 0.3) is 11.4 Å². The molecule has 2 aromatic heterocycles. The minimum absolute atomic E-state index is 0.0557. The van der Waals surface area contributed by atoms with Crippen molar-refractivity contribution in [2.75, 3.05) is 19.6 Å². The summed E-state index contributed by atoms with van der Waals surface area (Å²) in [5, 5.41) is 12.6. The summed E-state index contributed by atoms with van der Waals surface area (Å²) in [6.07, 6.45) is 3.35. The van der Waals surface area contributed by atoms with Gasteiger partial charge in [0.1, 0.15) is 0 Å². The lowest BCUT2D eigenvalue weighted by molar-refractivity contribution is -0.139. The van der Waals surface area contributed by atoms with E-state index in [1.807, 2.05) is 17.0 Å². The fourth-order valence-corrected chi connectivity index (χ4v) is 2.06. The van der Waals surface area contributed by atoms with E-state index in [1.54, 1.807) is 12.4 Å². The monoisotopic (exact) mass is 260 g/mol. The highest BCUT2D eigenvalue weighted by Crippen LogP contribution is 2.26. The Balaban J connectivity index is 1.66.